The number of rotatable bonds is 2. The molecule has 3 rings (SSSR count). The van der Waals surface area contributed by atoms with Gasteiger partial charge in [-0.05, 0) is 37.6 Å². The van der Waals surface area contributed by atoms with Crippen molar-refractivity contribution in [2.45, 2.75) is 23.8 Å². The van der Waals surface area contributed by atoms with E-state index >= 15 is 0 Å². The first-order valence-corrected chi connectivity index (χ1v) is 8.49. The summed E-state index contributed by atoms with van der Waals surface area (Å²) in [4.78, 5) is 2.03. The number of halogens is 2. The molecule has 1 aromatic rings. The van der Waals surface area contributed by atoms with E-state index in [4.69, 9.17) is 11.6 Å². The zero-order chi connectivity index (χ0) is 14.3. The van der Waals surface area contributed by atoms with E-state index in [1.54, 1.807) is 0 Å². The third-order valence-corrected chi connectivity index (χ3v) is 6.20. The molecule has 0 aliphatic carbocycles. The van der Waals surface area contributed by atoms with Crippen molar-refractivity contribution in [1.29, 1.82) is 0 Å². The van der Waals surface area contributed by atoms with Gasteiger partial charge in [0.25, 0.3) is 0 Å². The van der Waals surface area contributed by atoms with Crippen molar-refractivity contribution < 1.29 is 12.8 Å². The van der Waals surface area contributed by atoms with Gasteiger partial charge in [0, 0.05) is 30.7 Å². The fourth-order valence-electron chi connectivity index (χ4n) is 3.00. The molecule has 0 unspecified atom stereocenters. The SMILES string of the molecule is O=S(=O)(c1ccc(Cl)cc1F)N1CCN2CCC[C@@H]2C1. The first-order valence-electron chi connectivity index (χ1n) is 6.68. The van der Waals surface area contributed by atoms with Crippen molar-refractivity contribution in [3.05, 3.63) is 29.0 Å². The van der Waals surface area contributed by atoms with Gasteiger partial charge in [0.1, 0.15) is 10.7 Å². The van der Waals surface area contributed by atoms with E-state index in [1.165, 1.54) is 16.4 Å². The van der Waals surface area contributed by atoms with Crippen LogP contribution in [0.4, 0.5) is 4.39 Å². The van der Waals surface area contributed by atoms with Crippen LogP contribution in [0.15, 0.2) is 23.1 Å². The molecule has 2 saturated heterocycles. The molecular weight excluding hydrogens is 303 g/mol. The molecule has 110 valence electrons. The molecule has 0 aromatic heterocycles. The second-order valence-electron chi connectivity index (χ2n) is 5.27. The molecule has 1 aromatic carbocycles. The second-order valence-corrected chi connectivity index (χ2v) is 7.61. The Bertz CT molecular complexity index is 623. The van der Waals surface area contributed by atoms with Crippen LogP contribution in [-0.4, -0.2) is 49.8 Å². The van der Waals surface area contributed by atoms with E-state index in [0.29, 0.717) is 13.1 Å². The lowest BCUT2D eigenvalue weighted by Crippen LogP contribution is -2.52. The summed E-state index contributed by atoms with van der Waals surface area (Å²) in [6, 6.07) is 3.96. The summed E-state index contributed by atoms with van der Waals surface area (Å²) in [5.74, 6) is -0.786. The lowest BCUT2D eigenvalue weighted by molar-refractivity contribution is 0.158. The maximum Gasteiger partial charge on any atom is 0.246 e. The summed E-state index contributed by atoms with van der Waals surface area (Å²) < 4.78 is 40.3. The Morgan fingerprint density at radius 2 is 2.05 bits per heavy atom. The highest BCUT2D eigenvalue weighted by molar-refractivity contribution is 7.89. The van der Waals surface area contributed by atoms with Crippen molar-refractivity contribution in [3.63, 3.8) is 0 Å². The first-order chi connectivity index (χ1) is 9.48. The molecule has 0 saturated carbocycles. The lowest BCUT2D eigenvalue weighted by Gasteiger charge is -2.36. The van der Waals surface area contributed by atoms with Crippen molar-refractivity contribution in [1.82, 2.24) is 9.21 Å². The molecule has 0 bridgehead atoms. The van der Waals surface area contributed by atoms with Crippen LogP contribution in [0, 0.1) is 5.82 Å². The van der Waals surface area contributed by atoms with Gasteiger partial charge >= 0.3 is 0 Å². The maximum atomic E-state index is 13.9. The number of sulfonamides is 1. The molecule has 2 heterocycles. The minimum Gasteiger partial charge on any atom is -0.298 e. The van der Waals surface area contributed by atoms with Gasteiger partial charge in [0.15, 0.2) is 0 Å². The van der Waals surface area contributed by atoms with Gasteiger partial charge < -0.3 is 0 Å². The van der Waals surface area contributed by atoms with Gasteiger partial charge in [0.2, 0.25) is 10.0 Å². The minimum absolute atomic E-state index is 0.196. The molecule has 0 radical (unpaired) electrons. The zero-order valence-corrected chi connectivity index (χ0v) is 12.5. The summed E-state index contributed by atoms with van der Waals surface area (Å²) in [6.07, 6.45) is 2.11. The molecule has 2 fully saturated rings. The topological polar surface area (TPSA) is 40.6 Å². The third kappa shape index (κ3) is 2.45. The molecule has 4 nitrogen and oxygen atoms in total. The Morgan fingerprint density at radius 1 is 1.25 bits per heavy atom. The number of piperazine rings is 1. The molecule has 7 heteroatoms. The van der Waals surface area contributed by atoms with Crippen molar-refractivity contribution in [2.75, 3.05) is 26.2 Å². The van der Waals surface area contributed by atoms with E-state index in [-0.39, 0.29) is 16.0 Å². The number of hydrogen-bond acceptors (Lipinski definition) is 3. The molecular formula is C13H16ClFN2O2S. The maximum absolute atomic E-state index is 13.9. The van der Waals surface area contributed by atoms with E-state index in [2.05, 4.69) is 4.90 Å². The largest absolute Gasteiger partial charge is 0.298 e. The fraction of sp³-hybridized carbons (Fsp3) is 0.538. The summed E-state index contributed by atoms with van der Waals surface area (Å²) in [7, 11) is -3.78. The Labute approximate surface area is 123 Å². The van der Waals surface area contributed by atoms with Gasteiger partial charge in [-0.25, -0.2) is 12.8 Å². The first kappa shape index (κ1) is 14.3. The molecule has 0 spiro atoms. The van der Waals surface area contributed by atoms with Crippen molar-refractivity contribution in [2.24, 2.45) is 0 Å². The number of benzene rings is 1. The van der Waals surface area contributed by atoms with Crippen LogP contribution in [0.2, 0.25) is 5.02 Å². The Kier molecular flexibility index (Phi) is 3.75. The van der Waals surface area contributed by atoms with E-state index in [9.17, 15) is 12.8 Å². The highest BCUT2D eigenvalue weighted by atomic mass is 35.5. The zero-order valence-electron chi connectivity index (χ0n) is 10.9. The van der Waals surface area contributed by atoms with Gasteiger partial charge in [-0.15, -0.1) is 0 Å². The standard InChI is InChI=1S/C13H16ClFN2O2S/c14-10-3-4-13(12(15)8-10)20(18,19)17-7-6-16-5-1-2-11(16)9-17/h3-4,8,11H,1-2,5-7,9H2/t11-/m1/s1. The smallest absolute Gasteiger partial charge is 0.246 e. The normalized spacial score (nSPS) is 24.8. The lowest BCUT2D eigenvalue weighted by atomic mass is 10.2. The van der Waals surface area contributed by atoms with Crippen LogP contribution in [0.3, 0.4) is 0 Å². The monoisotopic (exact) mass is 318 g/mol. The number of hydrogen-bond donors (Lipinski definition) is 0. The summed E-state index contributed by atoms with van der Waals surface area (Å²) in [5.41, 5.74) is 0. The molecule has 0 amide bonds. The highest BCUT2D eigenvalue weighted by Crippen LogP contribution is 2.27. The quantitative estimate of drug-likeness (QED) is 0.837. The Balaban J connectivity index is 1.88. The summed E-state index contributed by atoms with van der Waals surface area (Å²) >= 11 is 5.67. The van der Waals surface area contributed by atoms with Gasteiger partial charge in [-0.3, -0.25) is 4.90 Å². The Morgan fingerprint density at radius 3 is 2.80 bits per heavy atom. The van der Waals surface area contributed by atoms with Crippen LogP contribution in [0.5, 0.6) is 0 Å². The van der Waals surface area contributed by atoms with E-state index < -0.39 is 15.8 Å². The van der Waals surface area contributed by atoms with Crippen molar-refractivity contribution in [3.8, 4) is 0 Å². The summed E-state index contributed by atoms with van der Waals surface area (Å²) in [6.45, 7) is 2.62. The van der Waals surface area contributed by atoms with Gasteiger partial charge in [-0.1, -0.05) is 11.6 Å². The fourth-order valence-corrected chi connectivity index (χ4v) is 4.68. The highest BCUT2D eigenvalue weighted by Gasteiger charge is 2.37. The van der Waals surface area contributed by atoms with E-state index in [1.807, 2.05) is 0 Å². The van der Waals surface area contributed by atoms with Gasteiger partial charge in [0.05, 0.1) is 0 Å². The van der Waals surface area contributed by atoms with Gasteiger partial charge in [-0.2, -0.15) is 4.31 Å². The third-order valence-electron chi connectivity index (χ3n) is 4.06. The average molecular weight is 319 g/mol. The molecule has 1 atom stereocenters. The molecule has 2 aliphatic heterocycles. The molecule has 0 N–H and O–H groups in total. The van der Waals surface area contributed by atoms with Crippen LogP contribution < -0.4 is 0 Å². The van der Waals surface area contributed by atoms with Crippen LogP contribution in [0.25, 0.3) is 0 Å². The minimum atomic E-state index is -3.78. The van der Waals surface area contributed by atoms with Crippen molar-refractivity contribution >= 4 is 21.6 Å². The molecule has 20 heavy (non-hydrogen) atoms. The van der Waals surface area contributed by atoms with Crippen LogP contribution in [-0.2, 0) is 10.0 Å². The summed E-state index contributed by atoms with van der Waals surface area (Å²) in [5, 5.41) is 0.196. The van der Waals surface area contributed by atoms with Crippen LogP contribution >= 0.6 is 11.6 Å². The van der Waals surface area contributed by atoms with Crippen LogP contribution in [0.1, 0.15) is 12.8 Å². The predicted octanol–water partition coefficient (Wildman–Crippen LogP) is 1.95. The number of nitrogens with zero attached hydrogens (tertiary/aromatic N) is 2. The average Bonchev–Trinajstić information content (AvgIpc) is 2.85. The molecule has 2 aliphatic rings. The Hall–Kier alpha value is -0.690. The van der Waals surface area contributed by atoms with E-state index in [0.717, 1.165) is 32.0 Å². The number of fused-ring (bicyclic) bond motifs is 1. The second kappa shape index (κ2) is 5.26. The predicted molar refractivity (Wildman–Crippen MR) is 74.8 cm³/mol.